The van der Waals surface area contributed by atoms with E-state index in [2.05, 4.69) is 5.32 Å². The monoisotopic (exact) mass is 249 g/mol. The molecule has 0 aromatic carbocycles. The molecule has 2 amide bonds. The molecule has 94 valence electrons. The van der Waals surface area contributed by atoms with Crippen LogP contribution in [0.2, 0.25) is 0 Å². The highest BCUT2D eigenvalue weighted by molar-refractivity contribution is 5.90. The van der Waals surface area contributed by atoms with Crippen LogP contribution in [0, 0.1) is 0 Å². The largest absolute Gasteiger partial charge is 0.353 e. The Balaban J connectivity index is 0.00000225. The van der Waals surface area contributed by atoms with Crippen molar-refractivity contribution in [3.8, 4) is 0 Å². The molecule has 0 aromatic rings. The molecule has 1 fully saturated rings. The van der Waals surface area contributed by atoms with E-state index in [9.17, 15) is 9.59 Å². The number of hydrogen-bond donors (Lipinski definition) is 2. The van der Waals surface area contributed by atoms with E-state index >= 15 is 0 Å². The van der Waals surface area contributed by atoms with Gasteiger partial charge in [-0.3, -0.25) is 9.59 Å². The molecule has 6 heteroatoms. The first-order valence-corrected chi connectivity index (χ1v) is 5.45. The summed E-state index contributed by atoms with van der Waals surface area (Å²) in [5.74, 6) is -0.181. The van der Waals surface area contributed by atoms with Gasteiger partial charge in [-0.2, -0.15) is 0 Å². The van der Waals surface area contributed by atoms with Crippen molar-refractivity contribution >= 4 is 24.2 Å². The lowest BCUT2D eigenvalue weighted by Gasteiger charge is -2.35. The molecule has 1 rings (SSSR count). The van der Waals surface area contributed by atoms with Crippen molar-refractivity contribution in [2.24, 2.45) is 5.73 Å². The Morgan fingerprint density at radius 1 is 1.62 bits per heavy atom. The Labute approximate surface area is 102 Å². The van der Waals surface area contributed by atoms with Crippen molar-refractivity contribution in [3.63, 3.8) is 0 Å². The molecule has 0 saturated carbocycles. The minimum absolute atomic E-state index is 0. The van der Waals surface area contributed by atoms with Gasteiger partial charge >= 0.3 is 0 Å². The van der Waals surface area contributed by atoms with Gasteiger partial charge < -0.3 is 16.0 Å². The standard InChI is InChI=1S/C10H19N3O2.ClH/c1-3-7(11)10(15)13-6-5-12-9(14)8(13)4-2;/h7-8H,3-6,11H2,1-2H3,(H,12,14);1H/t7-,8?;/m0./s1. The maximum Gasteiger partial charge on any atom is 0.242 e. The number of carbonyl (C=O) groups excluding carboxylic acids is 2. The molecule has 0 radical (unpaired) electrons. The third-order valence-electron chi connectivity index (χ3n) is 2.76. The topological polar surface area (TPSA) is 75.4 Å². The Bertz CT molecular complexity index is 260. The van der Waals surface area contributed by atoms with Crippen LogP contribution in [0.4, 0.5) is 0 Å². The van der Waals surface area contributed by atoms with Crippen LogP contribution in [-0.2, 0) is 9.59 Å². The summed E-state index contributed by atoms with van der Waals surface area (Å²) >= 11 is 0. The van der Waals surface area contributed by atoms with E-state index < -0.39 is 6.04 Å². The summed E-state index contributed by atoms with van der Waals surface area (Å²) in [6.07, 6.45) is 1.24. The molecule has 0 aliphatic carbocycles. The molecule has 1 saturated heterocycles. The van der Waals surface area contributed by atoms with Crippen molar-refractivity contribution in [1.82, 2.24) is 10.2 Å². The number of piperazine rings is 1. The highest BCUT2D eigenvalue weighted by Gasteiger charge is 2.33. The van der Waals surface area contributed by atoms with E-state index in [1.807, 2.05) is 13.8 Å². The molecule has 0 spiro atoms. The lowest BCUT2D eigenvalue weighted by Crippen LogP contribution is -2.59. The van der Waals surface area contributed by atoms with Gasteiger partial charge in [-0.1, -0.05) is 13.8 Å². The van der Waals surface area contributed by atoms with Crippen LogP contribution >= 0.6 is 12.4 Å². The van der Waals surface area contributed by atoms with E-state index in [-0.39, 0.29) is 30.3 Å². The molecular formula is C10H20ClN3O2. The van der Waals surface area contributed by atoms with Gasteiger partial charge in [0.25, 0.3) is 0 Å². The van der Waals surface area contributed by atoms with Gasteiger partial charge in [-0.25, -0.2) is 0 Å². The van der Waals surface area contributed by atoms with E-state index in [4.69, 9.17) is 5.73 Å². The first kappa shape index (κ1) is 15.2. The summed E-state index contributed by atoms with van der Waals surface area (Å²) < 4.78 is 0. The van der Waals surface area contributed by atoms with Crippen molar-refractivity contribution in [3.05, 3.63) is 0 Å². The highest BCUT2D eigenvalue weighted by Crippen LogP contribution is 2.10. The van der Waals surface area contributed by atoms with Crippen LogP contribution in [0.1, 0.15) is 26.7 Å². The summed E-state index contributed by atoms with van der Waals surface area (Å²) in [5.41, 5.74) is 5.69. The molecular weight excluding hydrogens is 230 g/mol. The van der Waals surface area contributed by atoms with Crippen LogP contribution in [0.5, 0.6) is 0 Å². The number of halogens is 1. The average molecular weight is 250 g/mol. The fourth-order valence-electron chi connectivity index (χ4n) is 1.77. The Morgan fingerprint density at radius 2 is 2.25 bits per heavy atom. The number of nitrogens with one attached hydrogen (secondary N) is 1. The van der Waals surface area contributed by atoms with Gasteiger partial charge in [-0.15, -0.1) is 12.4 Å². The molecule has 1 aliphatic rings. The maximum absolute atomic E-state index is 11.9. The van der Waals surface area contributed by atoms with Crippen molar-refractivity contribution < 1.29 is 9.59 Å². The predicted molar refractivity (Wildman–Crippen MR) is 64.3 cm³/mol. The van der Waals surface area contributed by atoms with Gasteiger partial charge in [0.05, 0.1) is 6.04 Å². The van der Waals surface area contributed by atoms with E-state index in [1.165, 1.54) is 0 Å². The Kier molecular flexibility index (Phi) is 6.36. The molecule has 2 atom stereocenters. The van der Waals surface area contributed by atoms with Crippen molar-refractivity contribution in [2.75, 3.05) is 13.1 Å². The second-order valence-corrected chi connectivity index (χ2v) is 3.76. The van der Waals surface area contributed by atoms with E-state index in [0.29, 0.717) is 25.9 Å². The third-order valence-corrected chi connectivity index (χ3v) is 2.76. The fourth-order valence-corrected chi connectivity index (χ4v) is 1.77. The maximum atomic E-state index is 11.9. The lowest BCUT2D eigenvalue weighted by molar-refractivity contribution is -0.144. The minimum atomic E-state index is -0.482. The van der Waals surface area contributed by atoms with Gasteiger partial charge in [0.15, 0.2) is 0 Å². The van der Waals surface area contributed by atoms with E-state index in [0.717, 1.165) is 0 Å². The zero-order chi connectivity index (χ0) is 11.4. The zero-order valence-corrected chi connectivity index (χ0v) is 10.5. The van der Waals surface area contributed by atoms with Gasteiger partial charge in [0.1, 0.15) is 6.04 Å². The molecule has 1 unspecified atom stereocenters. The van der Waals surface area contributed by atoms with Crippen LogP contribution in [0.25, 0.3) is 0 Å². The van der Waals surface area contributed by atoms with Crippen LogP contribution in [-0.4, -0.2) is 41.9 Å². The fraction of sp³-hybridized carbons (Fsp3) is 0.800. The molecule has 1 heterocycles. The summed E-state index contributed by atoms with van der Waals surface area (Å²) in [7, 11) is 0. The first-order chi connectivity index (χ1) is 7.11. The number of amides is 2. The van der Waals surface area contributed by atoms with Crippen LogP contribution in [0.15, 0.2) is 0 Å². The van der Waals surface area contributed by atoms with Gasteiger partial charge in [-0.05, 0) is 12.8 Å². The summed E-state index contributed by atoms with van der Waals surface area (Å²) in [4.78, 5) is 25.0. The quantitative estimate of drug-likeness (QED) is 0.733. The molecule has 3 N–H and O–H groups in total. The Morgan fingerprint density at radius 3 is 2.75 bits per heavy atom. The second kappa shape index (κ2) is 6.70. The lowest BCUT2D eigenvalue weighted by atomic mass is 10.1. The SMILES string of the molecule is CCC1C(=O)NCCN1C(=O)[C@@H](N)CC.Cl. The number of rotatable bonds is 3. The van der Waals surface area contributed by atoms with Gasteiger partial charge in [0, 0.05) is 13.1 Å². The molecule has 5 nitrogen and oxygen atoms in total. The number of nitrogens with zero attached hydrogens (tertiary/aromatic N) is 1. The zero-order valence-electron chi connectivity index (χ0n) is 9.73. The molecule has 16 heavy (non-hydrogen) atoms. The Hall–Kier alpha value is -0.810. The first-order valence-electron chi connectivity index (χ1n) is 5.45. The van der Waals surface area contributed by atoms with Crippen molar-refractivity contribution in [1.29, 1.82) is 0 Å². The molecule has 0 bridgehead atoms. The second-order valence-electron chi connectivity index (χ2n) is 3.76. The third kappa shape index (κ3) is 3.09. The predicted octanol–water partition coefficient (Wildman–Crippen LogP) is -0.117. The van der Waals surface area contributed by atoms with Crippen LogP contribution < -0.4 is 11.1 Å². The summed E-state index contributed by atoms with van der Waals surface area (Å²) in [5, 5.41) is 2.75. The van der Waals surface area contributed by atoms with Gasteiger partial charge in [0.2, 0.25) is 11.8 Å². The van der Waals surface area contributed by atoms with E-state index in [1.54, 1.807) is 4.90 Å². The average Bonchev–Trinajstić information content (AvgIpc) is 2.26. The number of carbonyl (C=O) groups is 2. The summed E-state index contributed by atoms with van der Waals surface area (Å²) in [6, 6.07) is -0.825. The molecule has 1 aliphatic heterocycles. The normalized spacial score (nSPS) is 22.1. The minimum Gasteiger partial charge on any atom is -0.353 e. The smallest absolute Gasteiger partial charge is 0.242 e. The van der Waals surface area contributed by atoms with Crippen molar-refractivity contribution in [2.45, 2.75) is 38.8 Å². The van der Waals surface area contributed by atoms with Crippen LogP contribution in [0.3, 0.4) is 0 Å². The number of nitrogens with two attached hydrogens (primary N) is 1. The molecule has 0 aromatic heterocycles. The summed E-state index contributed by atoms with van der Waals surface area (Å²) in [6.45, 7) is 4.86. The highest BCUT2D eigenvalue weighted by atomic mass is 35.5. The number of hydrogen-bond acceptors (Lipinski definition) is 3.